The second-order valence-electron chi connectivity index (χ2n) is 4.65. The maximum Gasteiger partial charge on any atom is 0.311 e. The Hall–Kier alpha value is -2.38. The van der Waals surface area contributed by atoms with Crippen LogP contribution < -0.4 is 11.1 Å². The maximum absolute atomic E-state index is 11.2. The maximum atomic E-state index is 11.2. The zero-order valence-electron chi connectivity index (χ0n) is 10.1. The average molecular weight is 266 g/mol. The van der Waals surface area contributed by atoms with Gasteiger partial charge in [0.15, 0.2) is 0 Å². The van der Waals surface area contributed by atoms with E-state index in [9.17, 15) is 14.9 Å². The molecule has 1 fully saturated rings. The van der Waals surface area contributed by atoms with Gasteiger partial charge in [-0.3, -0.25) is 14.9 Å². The quantitative estimate of drug-likeness (QED) is 0.539. The number of anilines is 2. The normalized spacial score (nSPS) is 16.4. The third-order valence-corrected chi connectivity index (χ3v) is 3.47. The Morgan fingerprint density at radius 2 is 2.26 bits per heavy atom. The van der Waals surface area contributed by atoms with Crippen LogP contribution in [0.15, 0.2) is 12.1 Å². The predicted molar refractivity (Wildman–Crippen MR) is 67.7 cm³/mol. The molecular weight excluding hydrogens is 252 g/mol. The van der Waals surface area contributed by atoms with E-state index < -0.39 is 16.3 Å². The number of rotatable bonds is 5. The average Bonchev–Trinajstić information content (AvgIpc) is 2.26. The first kappa shape index (κ1) is 13.1. The Morgan fingerprint density at radius 3 is 2.68 bits per heavy atom. The molecule has 0 aliphatic heterocycles. The zero-order chi connectivity index (χ0) is 14.0. The SMILES string of the molecule is Nc1nc(NCC2(C(=O)O)CCC2)ccc1[N+](=O)[O-]. The molecule has 0 amide bonds. The lowest BCUT2D eigenvalue weighted by Gasteiger charge is -2.37. The molecule has 1 aromatic heterocycles. The van der Waals surface area contributed by atoms with Gasteiger partial charge < -0.3 is 16.2 Å². The molecule has 0 spiro atoms. The molecule has 1 heterocycles. The highest BCUT2D eigenvalue weighted by atomic mass is 16.6. The second-order valence-corrected chi connectivity index (χ2v) is 4.65. The Labute approximate surface area is 108 Å². The number of aromatic nitrogens is 1. The van der Waals surface area contributed by atoms with Crippen LogP contribution in [-0.4, -0.2) is 27.5 Å². The van der Waals surface area contributed by atoms with Gasteiger partial charge in [-0.25, -0.2) is 4.98 Å². The number of carboxylic acids is 1. The van der Waals surface area contributed by atoms with Crippen LogP contribution in [-0.2, 0) is 4.79 Å². The van der Waals surface area contributed by atoms with Crippen molar-refractivity contribution in [1.82, 2.24) is 4.98 Å². The second kappa shape index (κ2) is 4.71. The van der Waals surface area contributed by atoms with Crippen molar-refractivity contribution >= 4 is 23.3 Å². The highest BCUT2D eigenvalue weighted by Crippen LogP contribution is 2.41. The van der Waals surface area contributed by atoms with Gasteiger partial charge >= 0.3 is 11.7 Å². The van der Waals surface area contributed by atoms with Crippen LogP contribution in [0.2, 0.25) is 0 Å². The minimum absolute atomic E-state index is 0.187. The third kappa shape index (κ3) is 2.42. The number of aliphatic carboxylic acids is 1. The fourth-order valence-corrected chi connectivity index (χ4v) is 2.05. The number of nitrogens with two attached hydrogens (primary N) is 1. The van der Waals surface area contributed by atoms with Crippen LogP contribution in [0.3, 0.4) is 0 Å². The van der Waals surface area contributed by atoms with Gasteiger partial charge in [0.1, 0.15) is 5.82 Å². The molecule has 2 rings (SSSR count). The van der Waals surface area contributed by atoms with E-state index in [4.69, 9.17) is 10.8 Å². The molecule has 0 radical (unpaired) electrons. The summed E-state index contributed by atoms with van der Waals surface area (Å²) in [5.41, 5.74) is 4.45. The van der Waals surface area contributed by atoms with Gasteiger partial charge in [0.25, 0.3) is 0 Å². The number of hydrogen-bond acceptors (Lipinski definition) is 6. The van der Waals surface area contributed by atoms with Crippen LogP contribution in [0.5, 0.6) is 0 Å². The van der Waals surface area contributed by atoms with E-state index in [1.165, 1.54) is 12.1 Å². The van der Waals surface area contributed by atoms with Gasteiger partial charge in [-0.05, 0) is 18.9 Å². The first-order valence-electron chi connectivity index (χ1n) is 5.83. The smallest absolute Gasteiger partial charge is 0.311 e. The van der Waals surface area contributed by atoms with Gasteiger partial charge in [0.05, 0.1) is 10.3 Å². The summed E-state index contributed by atoms with van der Waals surface area (Å²) in [5.74, 6) is -0.676. The summed E-state index contributed by atoms with van der Waals surface area (Å²) in [6.07, 6.45) is 2.14. The number of carboxylic acid groups (broad SMARTS) is 1. The lowest BCUT2D eigenvalue weighted by atomic mass is 9.69. The van der Waals surface area contributed by atoms with Crippen LogP contribution in [0.4, 0.5) is 17.3 Å². The highest BCUT2D eigenvalue weighted by Gasteiger charge is 2.44. The molecule has 1 aliphatic rings. The minimum Gasteiger partial charge on any atom is -0.481 e. The van der Waals surface area contributed by atoms with Crippen LogP contribution >= 0.6 is 0 Å². The van der Waals surface area contributed by atoms with E-state index in [1.54, 1.807) is 0 Å². The summed E-state index contributed by atoms with van der Waals surface area (Å²) in [7, 11) is 0. The van der Waals surface area contributed by atoms with Gasteiger partial charge in [-0.2, -0.15) is 0 Å². The highest BCUT2D eigenvalue weighted by molar-refractivity contribution is 5.76. The van der Waals surface area contributed by atoms with Crippen molar-refractivity contribution in [2.24, 2.45) is 5.41 Å². The fraction of sp³-hybridized carbons (Fsp3) is 0.455. The predicted octanol–water partition coefficient (Wildman–Crippen LogP) is 1.24. The molecule has 1 aromatic rings. The van der Waals surface area contributed by atoms with Crippen molar-refractivity contribution in [3.8, 4) is 0 Å². The number of nitrogens with zero attached hydrogens (tertiary/aromatic N) is 2. The summed E-state index contributed by atoms with van der Waals surface area (Å²) in [5, 5.41) is 22.6. The molecule has 0 atom stereocenters. The summed E-state index contributed by atoms with van der Waals surface area (Å²) in [6.45, 7) is 0.243. The van der Waals surface area contributed by atoms with Crippen LogP contribution in [0, 0.1) is 15.5 Å². The van der Waals surface area contributed by atoms with E-state index in [0.717, 1.165) is 6.42 Å². The molecular formula is C11H14N4O4. The molecule has 0 bridgehead atoms. The first-order chi connectivity index (χ1) is 8.94. The molecule has 1 aliphatic carbocycles. The van der Waals surface area contributed by atoms with Gasteiger partial charge in [0, 0.05) is 12.6 Å². The molecule has 8 nitrogen and oxygen atoms in total. The molecule has 0 aromatic carbocycles. The summed E-state index contributed by atoms with van der Waals surface area (Å²) < 4.78 is 0. The van der Waals surface area contributed by atoms with E-state index in [1.807, 2.05) is 0 Å². The van der Waals surface area contributed by atoms with Crippen LogP contribution in [0.1, 0.15) is 19.3 Å². The number of hydrogen-bond donors (Lipinski definition) is 3. The van der Waals surface area contributed by atoms with Crippen molar-refractivity contribution in [2.75, 3.05) is 17.6 Å². The summed E-state index contributed by atoms with van der Waals surface area (Å²) in [4.78, 5) is 25.0. The molecule has 0 saturated heterocycles. The van der Waals surface area contributed by atoms with Gasteiger partial charge in [-0.15, -0.1) is 0 Å². The number of pyridine rings is 1. The number of nitrogens with one attached hydrogen (secondary N) is 1. The summed E-state index contributed by atoms with van der Waals surface area (Å²) in [6, 6.07) is 2.67. The zero-order valence-corrected chi connectivity index (χ0v) is 10.1. The first-order valence-corrected chi connectivity index (χ1v) is 5.83. The number of carbonyl (C=O) groups is 1. The third-order valence-electron chi connectivity index (χ3n) is 3.47. The molecule has 1 saturated carbocycles. The lowest BCUT2D eigenvalue weighted by Crippen LogP contribution is -2.43. The standard InChI is InChI=1S/C11H14N4O4/c12-9-7(15(18)19)2-3-8(14-9)13-6-11(10(16)17)4-1-5-11/h2-3H,1,4-6H2,(H,16,17)(H3,12,13,14). The molecule has 19 heavy (non-hydrogen) atoms. The lowest BCUT2D eigenvalue weighted by molar-refractivity contribution is -0.384. The van der Waals surface area contributed by atoms with Gasteiger partial charge in [-0.1, -0.05) is 6.42 Å². The minimum atomic E-state index is -0.832. The van der Waals surface area contributed by atoms with Crippen molar-refractivity contribution < 1.29 is 14.8 Å². The van der Waals surface area contributed by atoms with Gasteiger partial charge in [0.2, 0.25) is 5.82 Å². The fourth-order valence-electron chi connectivity index (χ4n) is 2.05. The van der Waals surface area contributed by atoms with E-state index >= 15 is 0 Å². The summed E-state index contributed by atoms with van der Waals surface area (Å²) >= 11 is 0. The molecule has 0 unspecified atom stereocenters. The van der Waals surface area contributed by atoms with E-state index in [2.05, 4.69) is 10.3 Å². The Bertz CT molecular complexity index is 527. The molecule has 102 valence electrons. The van der Waals surface area contributed by atoms with Crippen molar-refractivity contribution in [2.45, 2.75) is 19.3 Å². The van der Waals surface area contributed by atoms with Crippen molar-refractivity contribution in [3.63, 3.8) is 0 Å². The Morgan fingerprint density at radius 1 is 1.58 bits per heavy atom. The van der Waals surface area contributed by atoms with Crippen LogP contribution in [0.25, 0.3) is 0 Å². The van der Waals surface area contributed by atoms with Crippen molar-refractivity contribution in [3.05, 3.63) is 22.2 Å². The number of nitrogen functional groups attached to an aromatic ring is 1. The topological polar surface area (TPSA) is 131 Å². The largest absolute Gasteiger partial charge is 0.481 e. The molecule has 8 heteroatoms. The van der Waals surface area contributed by atoms with E-state index in [-0.39, 0.29) is 18.1 Å². The number of nitro groups is 1. The molecule has 4 N–H and O–H groups in total. The van der Waals surface area contributed by atoms with E-state index in [0.29, 0.717) is 18.7 Å². The Balaban J connectivity index is 2.06. The monoisotopic (exact) mass is 266 g/mol. The Kier molecular flexibility index (Phi) is 3.24. The van der Waals surface area contributed by atoms with Crippen molar-refractivity contribution in [1.29, 1.82) is 0 Å².